The minimum Gasteiger partial charge on any atom is -0.208 e. The molecule has 5 rings (SSSR count). The summed E-state index contributed by atoms with van der Waals surface area (Å²) >= 11 is 3.68. The highest BCUT2D eigenvalue weighted by Crippen LogP contribution is 2.31. The van der Waals surface area contributed by atoms with E-state index in [1.165, 1.54) is 11.1 Å². The SMILES string of the molecule is Cc1ccc(-c2nc(-c3ccc(C)cc3)nc(-c3cc(Br)cc(-c4ccccc4)c3)n2)cc1. The Bertz CT molecular complexity index is 1350. The Balaban J connectivity index is 1.69. The smallest absolute Gasteiger partial charge is 0.164 e. The molecule has 4 heteroatoms. The highest BCUT2D eigenvalue weighted by molar-refractivity contribution is 9.10. The summed E-state index contributed by atoms with van der Waals surface area (Å²) in [7, 11) is 0. The zero-order chi connectivity index (χ0) is 22.8. The van der Waals surface area contributed by atoms with E-state index in [1.54, 1.807) is 0 Å². The summed E-state index contributed by atoms with van der Waals surface area (Å²) < 4.78 is 0.980. The second-order valence-corrected chi connectivity index (χ2v) is 9.05. The third-order valence-corrected chi connectivity index (χ3v) is 5.98. The summed E-state index contributed by atoms with van der Waals surface area (Å²) in [5.74, 6) is 1.98. The molecule has 33 heavy (non-hydrogen) atoms. The van der Waals surface area contributed by atoms with Gasteiger partial charge in [0.05, 0.1) is 0 Å². The van der Waals surface area contributed by atoms with E-state index in [0.29, 0.717) is 17.5 Å². The van der Waals surface area contributed by atoms with Gasteiger partial charge in [-0.25, -0.2) is 15.0 Å². The molecule has 0 atom stereocenters. The lowest BCUT2D eigenvalue weighted by atomic mass is 10.0. The first-order valence-electron chi connectivity index (χ1n) is 10.8. The van der Waals surface area contributed by atoms with E-state index in [9.17, 15) is 0 Å². The van der Waals surface area contributed by atoms with Gasteiger partial charge in [0.15, 0.2) is 17.5 Å². The third-order valence-electron chi connectivity index (χ3n) is 5.52. The average molecular weight is 492 g/mol. The van der Waals surface area contributed by atoms with Crippen molar-refractivity contribution in [2.45, 2.75) is 13.8 Å². The molecule has 0 amide bonds. The fourth-order valence-electron chi connectivity index (χ4n) is 3.68. The highest BCUT2D eigenvalue weighted by Gasteiger charge is 2.14. The summed E-state index contributed by atoms with van der Waals surface area (Å²) in [6.45, 7) is 4.15. The van der Waals surface area contributed by atoms with Crippen LogP contribution in [0.3, 0.4) is 0 Å². The van der Waals surface area contributed by atoms with Crippen LogP contribution in [0.15, 0.2) is 102 Å². The normalized spacial score (nSPS) is 10.9. The molecule has 160 valence electrons. The molecule has 0 fully saturated rings. The molecule has 3 nitrogen and oxygen atoms in total. The van der Waals surface area contributed by atoms with Crippen LogP contribution in [0.2, 0.25) is 0 Å². The maximum atomic E-state index is 4.88. The molecular weight excluding hydrogens is 470 g/mol. The van der Waals surface area contributed by atoms with Crippen LogP contribution in [0.4, 0.5) is 0 Å². The first-order chi connectivity index (χ1) is 16.0. The number of rotatable bonds is 4. The van der Waals surface area contributed by atoms with Crippen molar-refractivity contribution in [2.75, 3.05) is 0 Å². The van der Waals surface area contributed by atoms with Gasteiger partial charge in [-0.05, 0) is 43.2 Å². The molecule has 0 saturated carbocycles. The molecule has 0 aliphatic heterocycles. The Morgan fingerprint density at radius 3 is 1.42 bits per heavy atom. The minimum atomic E-state index is 0.648. The molecule has 0 bridgehead atoms. The lowest BCUT2D eigenvalue weighted by molar-refractivity contribution is 1.07. The van der Waals surface area contributed by atoms with Crippen LogP contribution in [0.25, 0.3) is 45.3 Å². The van der Waals surface area contributed by atoms with Crippen LogP contribution in [-0.4, -0.2) is 15.0 Å². The van der Waals surface area contributed by atoms with Gasteiger partial charge in [0.1, 0.15) is 0 Å². The zero-order valence-corrected chi connectivity index (χ0v) is 20.0. The molecule has 5 aromatic rings. The summed E-state index contributed by atoms with van der Waals surface area (Å²) in [4.78, 5) is 14.6. The summed E-state index contributed by atoms with van der Waals surface area (Å²) in [5, 5.41) is 0. The van der Waals surface area contributed by atoms with Gasteiger partial charge in [0, 0.05) is 21.2 Å². The quantitative estimate of drug-likeness (QED) is 0.256. The Morgan fingerprint density at radius 2 is 0.909 bits per heavy atom. The molecule has 1 aromatic heterocycles. The molecule has 0 N–H and O–H groups in total. The lowest BCUT2D eigenvalue weighted by Gasteiger charge is -2.11. The number of aryl methyl sites for hydroxylation is 2. The molecular formula is C29H22BrN3. The fraction of sp³-hybridized carbons (Fsp3) is 0.0690. The predicted molar refractivity (Wildman–Crippen MR) is 139 cm³/mol. The minimum absolute atomic E-state index is 0.648. The van der Waals surface area contributed by atoms with E-state index in [-0.39, 0.29) is 0 Å². The average Bonchev–Trinajstić information content (AvgIpc) is 2.85. The third kappa shape index (κ3) is 4.76. The van der Waals surface area contributed by atoms with E-state index in [0.717, 1.165) is 32.3 Å². The first kappa shape index (κ1) is 21.2. The van der Waals surface area contributed by atoms with Crippen molar-refractivity contribution in [3.05, 3.63) is 113 Å². The number of hydrogen-bond donors (Lipinski definition) is 0. The van der Waals surface area contributed by atoms with Crippen molar-refractivity contribution in [1.29, 1.82) is 0 Å². The second kappa shape index (κ2) is 9.08. The molecule has 0 radical (unpaired) electrons. The largest absolute Gasteiger partial charge is 0.208 e. The van der Waals surface area contributed by atoms with Gasteiger partial charge in [0.2, 0.25) is 0 Å². The monoisotopic (exact) mass is 491 g/mol. The van der Waals surface area contributed by atoms with Gasteiger partial charge in [-0.1, -0.05) is 106 Å². The van der Waals surface area contributed by atoms with Gasteiger partial charge >= 0.3 is 0 Å². The van der Waals surface area contributed by atoms with E-state index in [2.05, 4.69) is 109 Å². The highest BCUT2D eigenvalue weighted by atomic mass is 79.9. The Labute approximate surface area is 202 Å². The molecule has 0 aliphatic carbocycles. The summed E-state index contributed by atoms with van der Waals surface area (Å²) in [6, 6.07) is 33.2. The predicted octanol–water partition coefficient (Wildman–Crippen LogP) is 7.92. The van der Waals surface area contributed by atoms with Gasteiger partial charge in [-0.15, -0.1) is 0 Å². The van der Waals surface area contributed by atoms with E-state index in [1.807, 2.05) is 18.2 Å². The van der Waals surface area contributed by atoms with Crippen LogP contribution in [-0.2, 0) is 0 Å². The van der Waals surface area contributed by atoms with Crippen molar-refractivity contribution in [1.82, 2.24) is 15.0 Å². The maximum Gasteiger partial charge on any atom is 0.164 e. The zero-order valence-electron chi connectivity index (χ0n) is 18.5. The van der Waals surface area contributed by atoms with Gasteiger partial charge in [0.25, 0.3) is 0 Å². The van der Waals surface area contributed by atoms with Gasteiger partial charge in [-0.2, -0.15) is 0 Å². The van der Waals surface area contributed by atoms with E-state index in [4.69, 9.17) is 15.0 Å². The van der Waals surface area contributed by atoms with Crippen LogP contribution in [0, 0.1) is 13.8 Å². The standard InChI is InChI=1S/C29H22BrN3/c1-19-8-12-22(13-9-19)27-31-28(23-14-10-20(2)11-15-23)33-29(32-27)25-16-24(17-26(30)18-25)21-6-4-3-5-7-21/h3-18H,1-2H3. The molecule has 4 aromatic carbocycles. The fourth-order valence-corrected chi connectivity index (χ4v) is 4.18. The van der Waals surface area contributed by atoms with Gasteiger partial charge < -0.3 is 0 Å². The number of nitrogens with zero attached hydrogens (tertiary/aromatic N) is 3. The van der Waals surface area contributed by atoms with Crippen LogP contribution in [0.5, 0.6) is 0 Å². The van der Waals surface area contributed by atoms with E-state index < -0.39 is 0 Å². The Kier molecular flexibility index (Phi) is 5.84. The molecule has 1 heterocycles. The molecule has 0 aliphatic rings. The Hall–Kier alpha value is -3.63. The van der Waals surface area contributed by atoms with Crippen LogP contribution >= 0.6 is 15.9 Å². The van der Waals surface area contributed by atoms with Crippen LogP contribution < -0.4 is 0 Å². The van der Waals surface area contributed by atoms with Gasteiger partial charge in [-0.3, -0.25) is 0 Å². The van der Waals surface area contributed by atoms with E-state index >= 15 is 0 Å². The second-order valence-electron chi connectivity index (χ2n) is 8.13. The summed E-state index contributed by atoms with van der Waals surface area (Å²) in [6.07, 6.45) is 0. The lowest BCUT2D eigenvalue weighted by Crippen LogP contribution is -2.00. The molecule has 0 spiro atoms. The van der Waals surface area contributed by atoms with Crippen LogP contribution in [0.1, 0.15) is 11.1 Å². The van der Waals surface area contributed by atoms with Crippen molar-refractivity contribution >= 4 is 15.9 Å². The number of benzene rings is 4. The Morgan fingerprint density at radius 1 is 0.455 bits per heavy atom. The summed E-state index contributed by atoms with van der Waals surface area (Å²) in [5.41, 5.74) is 7.53. The topological polar surface area (TPSA) is 38.7 Å². The number of halogens is 1. The first-order valence-corrected chi connectivity index (χ1v) is 11.6. The van der Waals surface area contributed by atoms with Crippen molar-refractivity contribution in [2.24, 2.45) is 0 Å². The number of aromatic nitrogens is 3. The van der Waals surface area contributed by atoms with Crippen molar-refractivity contribution in [3.8, 4) is 45.3 Å². The maximum absolute atomic E-state index is 4.88. The van der Waals surface area contributed by atoms with Crippen molar-refractivity contribution < 1.29 is 0 Å². The molecule has 0 unspecified atom stereocenters. The number of hydrogen-bond acceptors (Lipinski definition) is 3. The van der Waals surface area contributed by atoms with Crippen molar-refractivity contribution in [3.63, 3.8) is 0 Å². The molecule has 0 saturated heterocycles.